The van der Waals surface area contributed by atoms with Crippen LogP contribution in [0.2, 0.25) is 0 Å². The predicted molar refractivity (Wildman–Crippen MR) is 75.5 cm³/mol. The average Bonchev–Trinajstić information content (AvgIpc) is 2.48. The molecule has 1 fully saturated rings. The van der Waals surface area contributed by atoms with E-state index in [9.17, 15) is 9.59 Å². The van der Waals surface area contributed by atoms with Crippen LogP contribution in [0.1, 0.15) is 18.9 Å². The number of benzene rings is 1. The maximum Gasteiger partial charge on any atom is 0.245 e. The van der Waals surface area contributed by atoms with Gasteiger partial charge in [-0.15, -0.1) is 0 Å². The van der Waals surface area contributed by atoms with Crippen LogP contribution in [0.5, 0.6) is 5.75 Å². The van der Waals surface area contributed by atoms with Crippen LogP contribution in [-0.2, 0) is 16.0 Å². The Morgan fingerprint density at radius 3 is 2.90 bits per heavy atom. The number of ether oxygens (including phenoxy) is 1. The van der Waals surface area contributed by atoms with Crippen molar-refractivity contribution < 1.29 is 14.3 Å². The van der Waals surface area contributed by atoms with Crippen molar-refractivity contribution in [3.8, 4) is 5.75 Å². The second kappa shape index (κ2) is 6.41. The first-order chi connectivity index (χ1) is 9.63. The summed E-state index contributed by atoms with van der Waals surface area (Å²) in [7, 11) is 1.63. The summed E-state index contributed by atoms with van der Waals surface area (Å²) in [6.07, 6.45) is 1.34. The Kier molecular flexibility index (Phi) is 4.61. The molecule has 1 saturated heterocycles. The fourth-order valence-corrected chi connectivity index (χ4v) is 2.33. The second-order valence-corrected chi connectivity index (χ2v) is 4.89. The SMILES string of the molecule is CCC1NC(=O)CN(CCc2cccc(OC)c2)C1=O. The quantitative estimate of drug-likeness (QED) is 0.872. The van der Waals surface area contributed by atoms with Crippen LogP contribution in [0.25, 0.3) is 0 Å². The van der Waals surface area contributed by atoms with Gasteiger partial charge in [0.2, 0.25) is 11.8 Å². The summed E-state index contributed by atoms with van der Waals surface area (Å²) < 4.78 is 5.17. The lowest BCUT2D eigenvalue weighted by atomic mass is 10.1. The molecule has 0 saturated carbocycles. The molecule has 0 aromatic heterocycles. The minimum absolute atomic E-state index is 0.00926. The lowest BCUT2D eigenvalue weighted by Crippen LogP contribution is -2.58. The van der Waals surface area contributed by atoms with Crippen molar-refractivity contribution in [1.29, 1.82) is 0 Å². The van der Waals surface area contributed by atoms with Crippen LogP contribution in [0.3, 0.4) is 0 Å². The molecule has 1 aromatic carbocycles. The van der Waals surface area contributed by atoms with Crippen molar-refractivity contribution >= 4 is 11.8 Å². The summed E-state index contributed by atoms with van der Waals surface area (Å²) in [5.74, 6) is 0.730. The Balaban J connectivity index is 1.98. The summed E-state index contributed by atoms with van der Waals surface area (Å²) in [4.78, 5) is 25.3. The molecule has 0 radical (unpaired) electrons. The van der Waals surface area contributed by atoms with E-state index in [0.29, 0.717) is 19.4 Å². The largest absolute Gasteiger partial charge is 0.497 e. The smallest absolute Gasteiger partial charge is 0.245 e. The van der Waals surface area contributed by atoms with Crippen molar-refractivity contribution in [1.82, 2.24) is 10.2 Å². The van der Waals surface area contributed by atoms with Crippen LogP contribution in [0.4, 0.5) is 0 Å². The molecule has 5 heteroatoms. The van der Waals surface area contributed by atoms with E-state index in [0.717, 1.165) is 11.3 Å². The predicted octanol–water partition coefficient (Wildman–Crippen LogP) is 0.975. The van der Waals surface area contributed by atoms with Gasteiger partial charge >= 0.3 is 0 Å². The van der Waals surface area contributed by atoms with Crippen LogP contribution < -0.4 is 10.1 Å². The first-order valence-corrected chi connectivity index (χ1v) is 6.85. The Morgan fingerprint density at radius 2 is 2.20 bits per heavy atom. The first-order valence-electron chi connectivity index (χ1n) is 6.85. The Morgan fingerprint density at radius 1 is 1.40 bits per heavy atom. The summed E-state index contributed by atoms with van der Waals surface area (Å²) in [5.41, 5.74) is 1.09. The highest BCUT2D eigenvalue weighted by molar-refractivity contribution is 5.94. The van der Waals surface area contributed by atoms with Gasteiger partial charge < -0.3 is 15.0 Å². The number of amides is 2. The molecular weight excluding hydrogens is 256 g/mol. The number of methoxy groups -OCH3 is 1. The van der Waals surface area contributed by atoms with Crippen LogP contribution >= 0.6 is 0 Å². The zero-order chi connectivity index (χ0) is 14.5. The summed E-state index contributed by atoms with van der Waals surface area (Å²) in [6.45, 7) is 2.60. The van der Waals surface area contributed by atoms with E-state index in [1.807, 2.05) is 31.2 Å². The second-order valence-electron chi connectivity index (χ2n) is 4.89. The normalized spacial score (nSPS) is 18.9. The molecule has 1 aliphatic heterocycles. The van der Waals surface area contributed by atoms with Crippen LogP contribution in [0, 0.1) is 0 Å². The third-order valence-electron chi connectivity index (χ3n) is 3.49. The van der Waals surface area contributed by atoms with E-state index < -0.39 is 0 Å². The minimum Gasteiger partial charge on any atom is -0.497 e. The lowest BCUT2D eigenvalue weighted by Gasteiger charge is -2.32. The van der Waals surface area contributed by atoms with E-state index in [1.54, 1.807) is 12.0 Å². The van der Waals surface area contributed by atoms with Crippen molar-refractivity contribution in [2.75, 3.05) is 20.2 Å². The number of piperazine rings is 1. The van der Waals surface area contributed by atoms with E-state index in [4.69, 9.17) is 4.74 Å². The highest BCUT2D eigenvalue weighted by Gasteiger charge is 2.30. The molecule has 1 N–H and O–H groups in total. The Bertz CT molecular complexity index is 502. The van der Waals surface area contributed by atoms with Gasteiger partial charge in [-0.3, -0.25) is 9.59 Å². The van der Waals surface area contributed by atoms with Gasteiger partial charge in [0.1, 0.15) is 11.8 Å². The molecule has 0 aliphatic carbocycles. The zero-order valence-corrected chi connectivity index (χ0v) is 11.9. The summed E-state index contributed by atoms with van der Waals surface area (Å²) >= 11 is 0. The summed E-state index contributed by atoms with van der Waals surface area (Å²) in [6, 6.07) is 7.38. The Labute approximate surface area is 118 Å². The van der Waals surface area contributed by atoms with E-state index in [2.05, 4.69) is 5.32 Å². The maximum atomic E-state index is 12.1. The van der Waals surface area contributed by atoms with Gasteiger partial charge in [-0.25, -0.2) is 0 Å². The molecule has 0 bridgehead atoms. The molecule has 1 unspecified atom stereocenters. The van der Waals surface area contributed by atoms with Crippen LogP contribution in [-0.4, -0.2) is 43.0 Å². The fourth-order valence-electron chi connectivity index (χ4n) is 2.33. The molecule has 1 heterocycles. The third kappa shape index (κ3) is 3.29. The van der Waals surface area contributed by atoms with Gasteiger partial charge in [0.25, 0.3) is 0 Å². The number of carbonyl (C=O) groups excluding carboxylic acids is 2. The minimum atomic E-state index is -0.374. The van der Waals surface area contributed by atoms with E-state index >= 15 is 0 Å². The van der Waals surface area contributed by atoms with Gasteiger partial charge in [-0.2, -0.15) is 0 Å². The molecule has 2 amide bonds. The first kappa shape index (κ1) is 14.4. The number of nitrogens with zero attached hydrogens (tertiary/aromatic N) is 1. The average molecular weight is 276 g/mol. The molecule has 20 heavy (non-hydrogen) atoms. The van der Waals surface area contributed by atoms with Crippen molar-refractivity contribution in [2.45, 2.75) is 25.8 Å². The molecular formula is C15H20N2O3. The zero-order valence-electron chi connectivity index (χ0n) is 11.9. The lowest BCUT2D eigenvalue weighted by molar-refractivity contribution is -0.144. The van der Waals surface area contributed by atoms with E-state index in [1.165, 1.54) is 0 Å². The van der Waals surface area contributed by atoms with Crippen LogP contribution in [0.15, 0.2) is 24.3 Å². The number of nitrogens with one attached hydrogen (secondary N) is 1. The number of hydrogen-bond acceptors (Lipinski definition) is 3. The van der Waals surface area contributed by atoms with Crippen molar-refractivity contribution in [3.05, 3.63) is 29.8 Å². The highest BCUT2D eigenvalue weighted by atomic mass is 16.5. The number of rotatable bonds is 5. The molecule has 108 valence electrons. The molecule has 5 nitrogen and oxygen atoms in total. The molecule has 1 aromatic rings. The highest BCUT2D eigenvalue weighted by Crippen LogP contribution is 2.14. The standard InChI is InChI=1S/C15H20N2O3/c1-3-13-15(19)17(10-14(18)16-13)8-7-11-5-4-6-12(9-11)20-2/h4-6,9,13H,3,7-8,10H2,1-2H3,(H,16,18). The molecule has 0 spiro atoms. The third-order valence-corrected chi connectivity index (χ3v) is 3.49. The van der Waals surface area contributed by atoms with Crippen molar-refractivity contribution in [3.63, 3.8) is 0 Å². The number of carbonyl (C=O) groups is 2. The topological polar surface area (TPSA) is 58.6 Å². The van der Waals surface area contributed by atoms with Gasteiger partial charge in [-0.05, 0) is 30.5 Å². The summed E-state index contributed by atoms with van der Waals surface area (Å²) in [5, 5.41) is 2.71. The monoisotopic (exact) mass is 276 g/mol. The van der Waals surface area contributed by atoms with Gasteiger partial charge in [0.15, 0.2) is 0 Å². The number of hydrogen-bond donors (Lipinski definition) is 1. The van der Waals surface area contributed by atoms with Gasteiger partial charge in [-0.1, -0.05) is 19.1 Å². The molecule has 2 rings (SSSR count). The fraction of sp³-hybridized carbons (Fsp3) is 0.467. The molecule has 1 atom stereocenters. The Hall–Kier alpha value is -2.04. The maximum absolute atomic E-state index is 12.1. The van der Waals surface area contributed by atoms with Gasteiger partial charge in [0.05, 0.1) is 13.7 Å². The molecule has 1 aliphatic rings. The van der Waals surface area contributed by atoms with E-state index in [-0.39, 0.29) is 24.4 Å². The van der Waals surface area contributed by atoms with Gasteiger partial charge in [0, 0.05) is 6.54 Å². The van der Waals surface area contributed by atoms with Crippen molar-refractivity contribution in [2.24, 2.45) is 0 Å².